The molecule has 2 nitrogen and oxygen atoms in total. The van der Waals surface area contributed by atoms with Crippen LogP contribution in [-0.4, -0.2) is 4.98 Å². The number of para-hydroxylation sites is 1. The molecule has 3 aromatic carbocycles. The molecule has 2 heteroatoms. The molecule has 0 spiro atoms. The molecule has 1 saturated carbocycles. The van der Waals surface area contributed by atoms with Crippen LogP contribution in [-0.2, 0) is 6.42 Å². The number of hydrogen-bond donors (Lipinski definition) is 0. The Morgan fingerprint density at radius 1 is 0.853 bits per heavy atom. The molecule has 0 aliphatic heterocycles. The Balaban J connectivity index is 1.44. The summed E-state index contributed by atoms with van der Waals surface area (Å²) in [7, 11) is 0. The summed E-state index contributed by atoms with van der Waals surface area (Å²) in [6.07, 6.45) is 8.80. The summed E-state index contributed by atoms with van der Waals surface area (Å²) in [4.78, 5) is 4.91. The summed E-state index contributed by atoms with van der Waals surface area (Å²) in [5.41, 5.74) is 9.28. The van der Waals surface area contributed by atoms with Gasteiger partial charge < -0.3 is 4.42 Å². The molecule has 170 valence electrons. The van der Waals surface area contributed by atoms with Gasteiger partial charge >= 0.3 is 0 Å². The predicted molar refractivity (Wildman–Crippen MR) is 142 cm³/mol. The molecule has 2 aromatic heterocycles. The first kappa shape index (κ1) is 21.2. The molecule has 0 unspecified atom stereocenters. The van der Waals surface area contributed by atoms with Crippen molar-refractivity contribution in [2.45, 2.75) is 51.9 Å². The van der Waals surface area contributed by atoms with E-state index < -0.39 is 0 Å². The monoisotopic (exact) mass is 445 g/mol. The van der Waals surface area contributed by atoms with Crippen LogP contribution in [0.15, 0.2) is 83.4 Å². The number of nitrogens with zero attached hydrogens (tertiary/aromatic N) is 1. The van der Waals surface area contributed by atoms with Gasteiger partial charge in [0.1, 0.15) is 11.2 Å². The van der Waals surface area contributed by atoms with Crippen LogP contribution in [0.1, 0.15) is 56.6 Å². The molecule has 6 rings (SSSR count). The normalized spacial score (nSPS) is 14.6. The summed E-state index contributed by atoms with van der Waals surface area (Å²) in [6.45, 7) is 4.56. The van der Waals surface area contributed by atoms with Gasteiger partial charge in [0.25, 0.3) is 0 Å². The van der Waals surface area contributed by atoms with Gasteiger partial charge in [0.15, 0.2) is 0 Å². The van der Waals surface area contributed by atoms with Gasteiger partial charge in [-0.15, -0.1) is 0 Å². The number of benzene rings is 3. The van der Waals surface area contributed by atoms with Gasteiger partial charge in [0.2, 0.25) is 0 Å². The van der Waals surface area contributed by atoms with Crippen molar-refractivity contribution in [3.63, 3.8) is 0 Å². The summed E-state index contributed by atoms with van der Waals surface area (Å²) in [6, 6.07) is 25.8. The number of hydrogen-bond acceptors (Lipinski definition) is 2. The highest BCUT2D eigenvalue weighted by Crippen LogP contribution is 2.38. The maximum atomic E-state index is 6.37. The van der Waals surface area contributed by atoms with E-state index in [1.165, 1.54) is 48.8 Å². The maximum Gasteiger partial charge on any atom is 0.143 e. The Bertz CT molecular complexity index is 1460. The molecule has 0 saturated heterocycles. The first-order valence-corrected chi connectivity index (χ1v) is 12.7. The molecule has 0 radical (unpaired) electrons. The second-order valence-electron chi connectivity index (χ2n) is 10.1. The number of rotatable bonds is 5. The van der Waals surface area contributed by atoms with E-state index >= 15 is 0 Å². The highest BCUT2D eigenvalue weighted by Gasteiger charge is 2.19. The Kier molecular flexibility index (Phi) is 5.45. The van der Waals surface area contributed by atoms with Crippen molar-refractivity contribution in [3.05, 3.63) is 90.1 Å². The lowest BCUT2D eigenvalue weighted by Gasteiger charge is -2.17. The summed E-state index contributed by atoms with van der Waals surface area (Å²) in [5, 5.41) is 2.31. The maximum absolute atomic E-state index is 6.37. The van der Waals surface area contributed by atoms with Gasteiger partial charge in [-0.2, -0.15) is 0 Å². The van der Waals surface area contributed by atoms with Crippen LogP contribution in [0.4, 0.5) is 0 Å². The fraction of sp³-hybridized carbons (Fsp3) is 0.281. The Morgan fingerprint density at radius 2 is 1.68 bits per heavy atom. The summed E-state index contributed by atoms with van der Waals surface area (Å²) >= 11 is 0. The largest absolute Gasteiger partial charge is 0.455 e. The molecule has 1 aliphatic carbocycles. The van der Waals surface area contributed by atoms with Gasteiger partial charge in [-0.3, -0.25) is 4.98 Å². The highest BCUT2D eigenvalue weighted by molar-refractivity contribution is 6.10. The van der Waals surface area contributed by atoms with Crippen LogP contribution in [0.2, 0.25) is 0 Å². The quantitative estimate of drug-likeness (QED) is 0.269. The minimum atomic E-state index is 0.495. The SMILES string of the molecule is CC(C)c1cnc(-c2ccc3oc4c(-c5ccccc5)cccc4c3c2)cc1CC1CCCC1. The van der Waals surface area contributed by atoms with Crippen LogP contribution in [0.3, 0.4) is 0 Å². The third-order valence-corrected chi connectivity index (χ3v) is 7.51. The molecular weight excluding hydrogens is 414 g/mol. The van der Waals surface area contributed by atoms with Crippen LogP contribution >= 0.6 is 0 Å². The van der Waals surface area contributed by atoms with Crippen molar-refractivity contribution in [3.8, 4) is 22.4 Å². The van der Waals surface area contributed by atoms with Crippen molar-refractivity contribution in [1.29, 1.82) is 0 Å². The predicted octanol–water partition coefficient (Wildman–Crippen LogP) is 9.17. The van der Waals surface area contributed by atoms with Gasteiger partial charge in [0.05, 0.1) is 5.69 Å². The Labute approximate surface area is 201 Å². The van der Waals surface area contributed by atoms with Gasteiger partial charge in [0, 0.05) is 28.1 Å². The smallest absolute Gasteiger partial charge is 0.143 e. The van der Waals surface area contributed by atoms with Crippen molar-refractivity contribution in [1.82, 2.24) is 4.98 Å². The lowest BCUT2D eigenvalue weighted by atomic mass is 9.90. The molecule has 0 N–H and O–H groups in total. The second-order valence-corrected chi connectivity index (χ2v) is 10.1. The third kappa shape index (κ3) is 3.81. The average Bonchev–Trinajstić information content (AvgIpc) is 3.51. The number of aromatic nitrogens is 1. The van der Waals surface area contributed by atoms with E-state index in [0.29, 0.717) is 5.92 Å². The number of pyridine rings is 1. The van der Waals surface area contributed by atoms with E-state index in [1.807, 2.05) is 6.07 Å². The lowest BCUT2D eigenvalue weighted by Crippen LogP contribution is -2.05. The van der Waals surface area contributed by atoms with Gasteiger partial charge in [-0.05, 0) is 59.2 Å². The van der Waals surface area contributed by atoms with Crippen LogP contribution < -0.4 is 0 Å². The molecule has 1 fully saturated rings. The van der Waals surface area contributed by atoms with E-state index in [2.05, 4.69) is 86.8 Å². The standard InChI is InChI=1S/C32H31NO/c1-21(2)29-20-33-30(19-25(29)17-22-9-6-7-10-22)24-15-16-31-28(18-24)27-14-8-13-26(32(27)34-31)23-11-4-3-5-12-23/h3-5,8,11-16,18-22H,6-7,9-10,17H2,1-2H3. The zero-order valence-corrected chi connectivity index (χ0v) is 20.1. The van der Waals surface area contributed by atoms with Crippen molar-refractivity contribution < 1.29 is 4.42 Å². The third-order valence-electron chi connectivity index (χ3n) is 7.51. The zero-order chi connectivity index (χ0) is 23.1. The molecule has 2 heterocycles. The van der Waals surface area contributed by atoms with E-state index in [-0.39, 0.29) is 0 Å². The first-order chi connectivity index (χ1) is 16.7. The van der Waals surface area contributed by atoms with E-state index in [9.17, 15) is 0 Å². The molecule has 0 bridgehead atoms. The van der Waals surface area contributed by atoms with Crippen LogP contribution in [0.5, 0.6) is 0 Å². The topological polar surface area (TPSA) is 26.0 Å². The van der Waals surface area contributed by atoms with Gasteiger partial charge in [-0.25, -0.2) is 0 Å². The molecule has 0 amide bonds. The van der Waals surface area contributed by atoms with E-state index in [0.717, 1.165) is 44.7 Å². The second kappa shape index (κ2) is 8.76. The van der Waals surface area contributed by atoms with E-state index in [1.54, 1.807) is 0 Å². The minimum absolute atomic E-state index is 0.495. The lowest BCUT2D eigenvalue weighted by molar-refractivity contribution is 0.542. The zero-order valence-electron chi connectivity index (χ0n) is 20.1. The average molecular weight is 446 g/mol. The highest BCUT2D eigenvalue weighted by atomic mass is 16.3. The first-order valence-electron chi connectivity index (χ1n) is 12.7. The van der Waals surface area contributed by atoms with Crippen LogP contribution in [0.25, 0.3) is 44.3 Å². The molecular formula is C32H31NO. The summed E-state index contributed by atoms with van der Waals surface area (Å²) < 4.78 is 6.37. The Hall–Kier alpha value is -3.39. The van der Waals surface area contributed by atoms with E-state index in [4.69, 9.17) is 9.40 Å². The van der Waals surface area contributed by atoms with Crippen molar-refractivity contribution in [2.24, 2.45) is 5.92 Å². The fourth-order valence-electron chi connectivity index (χ4n) is 5.69. The fourth-order valence-corrected chi connectivity index (χ4v) is 5.69. The number of fused-ring (bicyclic) bond motifs is 3. The van der Waals surface area contributed by atoms with Crippen LogP contribution in [0, 0.1) is 5.92 Å². The molecule has 34 heavy (non-hydrogen) atoms. The Morgan fingerprint density at radius 3 is 2.47 bits per heavy atom. The minimum Gasteiger partial charge on any atom is -0.455 e. The van der Waals surface area contributed by atoms with Gasteiger partial charge in [-0.1, -0.05) is 88.1 Å². The van der Waals surface area contributed by atoms with Crippen molar-refractivity contribution in [2.75, 3.05) is 0 Å². The molecule has 5 aromatic rings. The van der Waals surface area contributed by atoms with Crippen molar-refractivity contribution >= 4 is 21.9 Å². The summed E-state index contributed by atoms with van der Waals surface area (Å²) in [5.74, 6) is 1.32. The molecule has 1 aliphatic rings. The number of furan rings is 1. The molecule has 0 atom stereocenters.